The standard InChI is InChI=1S/C12H14N2OS.ClH/c1-13-7-12-14-10(8-16-12)9-5-3-4-6-11(9)15-2;/h3-6,8,13H,7H2,1-2H3;1H. The van der Waals surface area contributed by atoms with Gasteiger partial charge in [0, 0.05) is 17.5 Å². The topological polar surface area (TPSA) is 34.2 Å². The molecule has 2 aromatic rings. The molecule has 0 unspecified atom stereocenters. The minimum atomic E-state index is 0. The van der Waals surface area contributed by atoms with Crippen molar-refractivity contribution in [2.75, 3.05) is 14.2 Å². The van der Waals surface area contributed by atoms with E-state index in [2.05, 4.69) is 15.7 Å². The highest BCUT2D eigenvalue weighted by atomic mass is 35.5. The molecule has 3 nitrogen and oxygen atoms in total. The average Bonchev–Trinajstić information content (AvgIpc) is 2.78. The largest absolute Gasteiger partial charge is 0.496 e. The highest BCUT2D eigenvalue weighted by molar-refractivity contribution is 7.09. The Bertz CT molecular complexity index is 473. The Labute approximate surface area is 111 Å². The van der Waals surface area contributed by atoms with Crippen LogP contribution >= 0.6 is 23.7 Å². The van der Waals surface area contributed by atoms with Crippen molar-refractivity contribution in [2.24, 2.45) is 0 Å². The molecular formula is C12H15ClN2OS. The molecule has 1 aromatic heterocycles. The van der Waals surface area contributed by atoms with Crippen molar-refractivity contribution in [2.45, 2.75) is 6.54 Å². The number of aromatic nitrogens is 1. The average molecular weight is 271 g/mol. The van der Waals surface area contributed by atoms with Gasteiger partial charge in [0.25, 0.3) is 0 Å². The smallest absolute Gasteiger partial charge is 0.128 e. The Hall–Kier alpha value is -1.10. The van der Waals surface area contributed by atoms with Crippen molar-refractivity contribution in [3.8, 4) is 17.0 Å². The molecule has 17 heavy (non-hydrogen) atoms. The van der Waals surface area contributed by atoms with Crippen LogP contribution in [0.4, 0.5) is 0 Å². The SMILES string of the molecule is CNCc1nc(-c2ccccc2OC)cs1.Cl. The van der Waals surface area contributed by atoms with Gasteiger partial charge in [0.1, 0.15) is 10.8 Å². The van der Waals surface area contributed by atoms with E-state index in [1.54, 1.807) is 18.4 Å². The second-order valence-electron chi connectivity index (χ2n) is 3.36. The number of hydrogen-bond acceptors (Lipinski definition) is 4. The van der Waals surface area contributed by atoms with Crippen LogP contribution in [0, 0.1) is 0 Å². The third-order valence-electron chi connectivity index (χ3n) is 2.26. The summed E-state index contributed by atoms with van der Waals surface area (Å²) in [6.45, 7) is 0.805. The molecule has 2 rings (SSSR count). The first-order valence-corrected chi connectivity index (χ1v) is 5.95. The lowest BCUT2D eigenvalue weighted by atomic mass is 10.1. The molecule has 1 N–H and O–H groups in total. The Morgan fingerprint density at radius 2 is 2.12 bits per heavy atom. The maximum atomic E-state index is 5.32. The summed E-state index contributed by atoms with van der Waals surface area (Å²) in [5.74, 6) is 0.865. The second kappa shape index (κ2) is 6.59. The summed E-state index contributed by atoms with van der Waals surface area (Å²) < 4.78 is 5.32. The number of methoxy groups -OCH3 is 1. The predicted molar refractivity (Wildman–Crippen MR) is 74.1 cm³/mol. The molecule has 0 aliphatic carbocycles. The van der Waals surface area contributed by atoms with Gasteiger partial charge in [-0.1, -0.05) is 12.1 Å². The summed E-state index contributed by atoms with van der Waals surface area (Å²) >= 11 is 1.66. The molecule has 0 fully saturated rings. The van der Waals surface area contributed by atoms with E-state index in [0.29, 0.717) is 0 Å². The first kappa shape index (κ1) is 14.0. The van der Waals surface area contributed by atoms with Crippen LogP contribution in [-0.4, -0.2) is 19.1 Å². The van der Waals surface area contributed by atoms with Gasteiger partial charge in [-0.05, 0) is 19.2 Å². The summed E-state index contributed by atoms with van der Waals surface area (Å²) in [4.78, 5) is 4.55. The summed E-state index contributed by atoms with van der Waals surface area (Å²) in [7, 11) is 3.60. The molecule has 5 heteroatoms. The Kier molecular flexibility index (Phi) is 5.41. The lowest BCUT2D eigenvalue weighted by Gasteiger charge is -2.04. The van der Waals surface area contributed by atoms with Crippen LogP contribution in [-0.2, 0) is 6.54 Å². The van der Waals surface area contributed by atoms with Gasteiger partial charge >= 0.3 is 0 Å². The van der Waals surface area contributed by atoms with Crippen LogP contribution in [0.15, 0.2) is 29.6 Å². The monoisotopic (exact) mass is 270 g/mol. The van der Waals surface area contributed by atoms with Gasteiger partial charge < -0.3 is 10.1 Å². The quantitative estimate of drug-likeness (QED) is 0.928. The van der Waals surface area contributed by atoms with E-state index >= 15 is 0 Å². The zero-order chi connectivity index (χ0) is 11.4. The molecule has 1 aromatic carbocycles. The number of halogens is 1. The molecule has 0 bridgehead atoms. The number of rotatable bonds is 4. The molecule has 0 spiro atoms. The number of hydrogen-bond donors (Lipinski definition) is 1. The highest BCUT2D eigenvalue weighted by Gasteiger charge is 2.08. The van der Waals surface area contributed by atoms with E-state index in [0.717, 1.165) is 28.6 Å². The van der Waals surface area contributed by atoms with Crippen LogP contribution in [0.25, 0.3) is 11.3 Å². The molecule has 0 aliphatic heterocycles. The summed E-state index contributed by atoms with van der Waals surface area (Å²) in [5.41, 5.74) is 2.02. The van der Waals surface area contributed by atoms with Crippen LogP contribution in [0.5, 0.6) is 5.75 Å². The summed E-state index contributed by atoms with van der Waals surface area (Å²) in [5, 5.41) is 6.24. The predicted octanol–water partition coefficient (Wildman–Crippen LogP) is 2.96. The number of para-hydroxylation sites is 1. The van der Waals surface area contributed by atoms with Crippen LogP contribution in [0.2, 0.25) is 0 Å². The van der Waals surface area contributed by atoms with E-state index in [4.69, 9.17) is 4.74 Å². The molecule has 0 atom stereocenters. The maximum absolute atomic E-state index is 5.32. The zero-order valence-electron chi connectivity index (χ0n) is 9.77. The third-order valence-corrected chi connectivity index (χ3v) is 3.11. The number of ether oxygens (including phenoxy) is 1. The number of nitrogens with zero attached hydrogens (tertiary/aromatic N) is 1. The van der Waals surface area contributed by atoms with E-state index in [1.165, 1.54) is 0 Å². The van der Waals surface area contributed by atoms with Crippen molar-refractivity contribution in [1.29, 1.82) is 0 Å². The second-order valence-corrected chi connectivity index (χ2v) is 4.30. The fourth-order valence-corrected chi connectivity index (χ4v) is 2.33. The first-order valence-electron chi connectivity index (χ1n) is 5.07. The number of nitrogens with one attached hydrogen (secondary N) is 1. The normalized spacial score (nSPS) is 9.76. The van der Waals surface area contributed by atoms with Gasteiger partial charge in [0.2, 0.25) is 0 Å². The molecule has 0 saturated heterocycles. The Balaban J connectivity index is 0.00000144. The van der Waals surface area contributed by atoms with Crippen molar-refractivity contribution >= 4 is 23.7 Å². The fraction of sp³-hybridized carbons (Fsp3) is 0.250. The third kappa shape index (κ3) is 3.19. The van der Waals surface area contributed by atoms with Crippen LogP contribution < -0.4 is 10.1 Å². The van der Waals surface area contributed by atoms with E-state index < -0.39 is 0 Å². The zero-order valence-corrected chi connectivity index (χ0v) is 11.4. The lowest BCUT2D eigenvalue weighted by Crippen LogP contribution is -2.04. The lowest BCUT2D eigenvalue weighted by molar-refractivity contribution is 0.416. The van der Waals surface area contributed by atoms with Gasteiger partial charge in [-0.2, -0.15) is 0 Å². The molecule has 0 aliphatic rings. The molecule has 0 radical (unpaired) electrons. The van der Waals surface area contributed by atoms with Crippen molar-refractivity contribution < 1.29 is 4.74 Å². The van der Waals surface area contributed by atoms with Gasteiger partial charge in [-0.15, -0.1) is 23.7 Å². The summed E-state index contributed by atoms with van der Waals surface area (Å²) in [6, 6.07) is 7.93. The van der Waals surface area contributed by atoms with Crippen LogP contribution in [0.1, 0.15) is 5.01 Å². The van der Waals surface area contributed by atoms with Crippen LogP contribution in [0.3, 0.4) is 0 Å². The van der Waals surface area contributed by atoms with Crippen molar-refractivity contribution in [3.05, 3.63) is 34.7 Å². The van der Waals surface area contributed by atoms with Crippen molar-refractivity contribution in [3.63, 3.8) is 0 Å². The van der Waals surface area contributed by atoms with E-state index in [9.17, 15) is 0 Å². The molecule has 1 heterocycles. The first-order chi connectivity index (χ1) is 7.85. The molecule has 0 amide bonds. The van der Waals surface area contributed by atoms with E-state index in [1.807, 2.05) is 31.3 Å². The number of thiazole rings is 1. The molecular weight excluding hydrogens is 256 g/mol. The van der Waals surface area contributed by atoms with Gasteiger partial charge in [0.05, 0.1) is 12.8 Å². The Morgan fingerprint density at radius 1 is 1.35 bits per heavy atom. The van der Waals surface area contributed by atoms with Gasteiger partial charge in [0.15, 0.2) is 0 Å². The minimum absolute atomic E-state index is 0. The molecule has 92 valence electrons. The maximum Gasteiger partial charge on any atom is 0.128 e. The highest BCUT2D eigenvalue weighted by Crippen LogP contribution is 2.30. The number of benzene rings is 1. The van der Waals surface area contributed by atoms with E-state index in [-0.39, 0.29) is 12.4 Å². The van der Waals surface area contributed by atoms with Crippen molar-refractivity contribution in [1.82, 2.24) is 10.3 Å². The molecule has 0 saturated carbocycles. The minimum Gasteiger partial charge on any atom is -0.496 e. The summed E-state index contributed by atoms with van der Waals surface area (Å²) in [6.07, 6.45) is 0. The Morgan fingerprint density at radius 3 is 2.82 bits per heavy atom. The fourth-order valence-electron chi connectivity index (χ4n) is 1.52. The van der Waals surface area contributed by atoms with Gasteiger partial charge in [-0.3, -0.25) is 0 Å². The van der Waals surface area contributed by atoms with Gasteiger partial charge in [-0.25, -0.2) is 4.98 Å².